The van der Waals surface area contributed by atoms with E-state index in [1.807, 2.05) is 19.9 Å². The van der Waals surface area contributed by atoms with Gasteiger partial charge in [-0.3, -0.25) is 4.79 Å². The van der Waals surface area contributed by atoms with Crippen LogP contribution in [0.25, 0.3) is 0 Å². The van der Waals surface area contributed by atoms with Crippen LogP contribution in [0.4, 0.5) is 5.82 Å². The Morgan fingerprint density at radius 1 is 1.59 bits per heavy atom. The molecule has 2 N–H and O–H groups in total. The molecule has 0 aliphatic heterocycles. The van der Waals surface area contributed by atoms with Gasteiger partial charge in [-0.2, -0.15) is 5.26 Å². The van der Waals surface area contributed by atoms with Crippen LogP contribution in [0.1, 0.15) is 19.5 Å². The van der Waals surface area contributed by atoms with Gasteiger partial charge in [0.1, 0.15) is 17.6 Å². The lowest BCUT2D eigenvalue weighted by Gasteiger charge is -2.16. The normalized spacial score (nSPS) is 11.9. The number of hydrogen-bond donors (Lipinski definition) is 2. The zero-order valence-corrected chi connectivity index (χ0v) is 9.84. The molecule has 0 fully saturated rings. The van der Waals surface area contributed by atoms with Crippen LogP contribution in [0.2, 0.25) is 0 Å². The van der Waals surface area contributed by atoms with Crippen molar-refractivity contribution in [2.45, 2.75) is 13.8 Å². The molecule has 0 saturated carbocycles. The summed E-state index contributed by atoms with van der Waals surface area (Å²) >= 11 is 0. The molecule has 1 aromatic rings. The average Bonchev–Trinajstić information content (AvgIpc) is 2.28. The fourth-order valence-corrected chi connectivity index (χ4v) is 1.42. The second-order valence-electron chi connectivity index (χ2n) is 4.09. The van der Waals surface area contributed by atoms with Gasteiger partial charge in [0.15, 0.2) is 0 Å². The molecule has 0 radical (unpaired) electrons. The maximum atomic E-state index is 11.0. The lowest BCUT2D eigenvalue weighted by Crippen LogP contribution is -2.27. The van der Waals surface area contributed by atoms with E-state index >= 15 is 0 Å². The highest BCUT2D eigenvalue weighted by Gasteiger charge is 2.21. The van der Waals surface area contributed by atoms with Crippen LogP contribution in [-0.4, -0.2) is 22.6 Å². The van der Waals surface area contributed by atoms with E-state index in [0.717, 1.165) is 0 Å². The first kappa shape index (κ1) is 13.0. The number of aliphatic carboxylic acids is 1. The van der Waals surface area contributed by atoms with E-state index in [1.54, 1.807) is 18.2 Å². The van der Waals surface area contributed by atoms with Crippen LogP contribution >= 0.6 is 0 Å². The molecule has 1 rings (SSSR count). The van der Waals surface area contributed by atoms with Crippen molar-refractivity contribution in [1.82, 2.24) is 4.98 Å². The van der Waals surface area contributed by atoms with Crippen LogP contribution in [0.5, 0.6) is 0 Å². The summed E-state index contributed by atoms with van der Waals surface area (Å²) in [6, 6.07) is 6.95. The van der Waals surface area contributed by atoms with E-state index in [0.29, 0.717) is 18.1 Å². The zero-order valence-electron chi connectivity index (χ0n) is 9.84. The van der Waals surface area contributed by atoms with Gasteiger partial charge in [0.05, 0.1) is 5.92 Å². The standard InChI is InChI=1S/C12H15N3O2/c1-8(2)10(12(16)17)7-14-11-5-3-4-9(6-13)15-11/h3-5,8,10H,7H2,1-2H3,(H,14,15)(H,16,17). The molecule has 0 spiro atoms. The highest BCUT2D eigenvalue weighted by Crippen LogP contribution is 2.12. The van der Waals surface area contributed by atoms with Crippen LogP contribution in [-0.2, 0) is 4.79 Å². The summed E-state index contributed by atoms with van der Waals surface area (Å²) in [6.07, 6.45) is 0. The molecule has 17 heavy (non-hydrogen) atoms. The Kier molecular flexibility index (Phi) is 4.46. The first-order valence-electron chi connectivity index (χ1n) is 5.38. The number of carboxylic acid groups (broad SMARTS) is 1. The highest BCUT2D eigenvalue weighted by molar-refractivity contribution is 5.71. The minimum atomic E-state index is -0.830. The van der Waals surface area contributed by atoms with E-state index in [9.17, 15) is 4.79 Å². The largest absolute Gasteiger partial charge is 0.481 e. The molecule has 0 aromatic carbocycles. The third-order valence-electron chi connectivity index (χ3n) is 2.49. The van der Waals surface area contributed by atoms with E-state index in [1.165, 1.54) is 0 Å². The Bertz CT molecular complexity index is 438. The monoisotopic (exact) mass is 233 g/mol. The van der Waals surface area contributed by atoms with Gasteiger partial charge in [-0.1, -0.05) is 19.9 Å². The quantitative estimate of drug-likeness (QED) is 0.808. The van der Waals surface area contributed by atoms with E-state index in [2.05, 4.69) is 10.3 Å². The molecule has 1 aromatic heterocycles. The first-order chi connectivity index (χ1) is 8.04. The SMILES string of the molecule is CC(C)C(CNc1cccc(C#N)n1)C(=O)O. The van der Waals surface area contributed by atoms with E-state index in [-0.39, 0.29) is 5.92 Å². The summed E-state index contributed by atoms with van der Waals surface area (Å²) in [5, 5.41) is 20.6. The van der Waals surface area contributed by atoms with Crippen LogP contribution in [0, 0.1) is 23.2 Å². The molecule has 0 saturated heterocycles. The molecular formula is C12H15N3O2. The Morgan fingerprint density at radius 3 is 2.82 bits per heavy atom. The van der Waals surface area contributed by atoms with Crippen molar-refractivity contribution in [1.29, 1.82) is 5.26 Å². The first-order valence-corrected chi connectivity index (χ1v) is 5.38. The number of nitriles is 1. The van der Waals surface area contributed by atoms with Crippen molar-refractivity contribution >= 4 is 11.8 Å². The summed E-state index contributed by atoms with van der Waals surface area (Å²) < 4.78 is 0. The van der Waals surface area contributed by atoms with E-state index < -0.39 is 11.9 Å². The number of carbonyl (C=O) groups is 1. The zero-order chi connectivity index (χ0) is 12.8. The smallest absolute Gasteiger partial charge is 0.308 e. The second-order valence-corrected chi connectivity index (χ2v) is 4.09. The third-order valence-corrected chi connectivity index (χ3v) is 2.49. The molecule has 0 aliphatic rings. The van der Waals surface area contributed by atoms with Crippen LogP contribution in [0.15, 0.2) is 18.2 Å². The fraction of sp³-hybridized carbons (Fsp3) is 0.417. The summed E-state index contributed by atoms with van der Waals surface area (Å²) in [6.45, 7) is 4.02. The summed E-state index contributed by atoms with van der Waals surface area (Å²) in [4.78, 5) is 15.0. The van der Waals surface area contributed by atoms with Crippen molar-refractivity contribution in [2.24, 2.45) is 11.8 Å². The summed E-state index contributed by atoms with van der Waals surface area (Å²) in [7, 11) is 0. The van der Waals surface area contributed by atoms with Gasteiger partial charge >= 0.3 is 5.97 Å². The molecule has 1 atom stereocenters. The molecular weight excluding hydrogens is 218 g/mol. The van der Waals surface area contributed by atoms with Crippen LogP contribution in [0.3, 0.4) is 0 Å². The van der Waals surface area contributed by atoms with Crippen molar-refractivity contribution in [2.75, 3.05) is 11.9 Å². The molecule has 5 nitrogen and oxygen atoms in total. The van der Waals surface area contributed by atoms with Crippen molar-refractivity contribution in [3.8, 4) is 6.07 Å². The van der Waals surface area contributed by atoms with Gasteiger partial charge in [-0.15, -0.1) is 0 Å². The highest BCUT2D eigenvalue weighted by atomic mass is 16.4. The number of aromatic nitrogens is 1. The maximum Gasteiger partial charge on any atom is 0.308 e. The van der Waals surface area contributed by atoms with Gasteiger partial charge in [0, 0.05) is 6.54 Å². The van der Waals surface area contributed by atoms with Gasteiger partial charge in [0.2, 0.25) is 0 Å². The number of nitrogens with one attached hydrogen (secondary N) is 1. The van der Waals surface area contributed by atoms with Gasteiger partial charge in [-0.25, -0.2) is 4.98 Å². The minimum Gasteiger partial charge on any atom is -0.481 e. The minimum absolute atomic E-state index is 0.0409. The fourth-order valence-electron chi connectivity index (χ4n) is 1.42. The number of carboxylic acids is 1. The molecule has 0 amide bonds. The third kappa shape index (κ3) is 3.76. The number of pyridine rings is 1. The maximum absolute atomic E-state index is 11.0. The Hall–Kier alpha value is -2.09. The summed E-state index contributed by atoms with van der Waals surface area (Å²) in [5.41, 5.74) is 0.312. The molecule has 0 aliphatic carbocycles. The predicted molar refractivity (Wildman–Crippen MR) is 63.4 cm³/mol. The van der Waals surface area contributed by atoms with E-state index in [4.69, 9.17) is 10.4 Å². The molecule has 1 heterocycles. The predicted octanol–water partition coefficient (Wildman–Crippen LogP) is 1.72. The number of rotatable bonds is 5. The van der Waals surface area contributed by atoms with Gasteiger partial charge < -0.3 is 10.4 Å². The Morgan fingerprint density at radius 2 is 2.29 bits per heavy atom. The molecule has 90 valence electrons. The summed E-state index contributed by atoms with van der Waals surface area (Å²) in [5.74, 6) is -0.735. The second kappa shape index (κ2) is 5.85. The molecule has 0 bridgehead atoms. The average molecular weight is 233 g/mol. The Labute approximate surface area is 100 Å². The molecule has 1 unspecified atom stereocenters. The topological polar surface area (TPSA) is 86.0 Å². The number of hydrogen-bond acceptors (Lipinski definition) is 4. The Balaban J connectivity index is 2.66. The number of anilines is 1. The lowest BCUT2D eigenvalue weighted by molar-refractivity contribution is -0.142. The van der Waals surface area contributed by atoms with Crippen molar-refractivity contribution < 1.29 is 9.90 Å². The number of nitrogens with zero attached hydrogens (tertiary/aromatic N) is 2. The lowest BCUT2D eigenvalue weighted by atomic mass is 9.96. The van der Waals surface area contributed by atoms with Crippen LogP contribution < -0.4 is 5.32 Å². The van der Waals surface area contributed by atoms with Gasteiger partial charge in [0.25, 0.3) is 0 Å². The van der Waals surface area contributed by atoms with Gasteiger partial charge in [-0.05, 0) is 18.1 Å². The van der Waals surface area contributed by atoms with Crippen molar-refractivity contribution in [3.05, 3.63) is 23.9 Å². The van der Waals surface area contributed by atoms with Crippen molar-refractivity contribution in [3.63, 3.8) is 0 Å². The molecule has 5 heteroatoms.